The van der Waals surface area contributed by atoms with E-state index in [4.69, 9.17) is 17.3 Å². The van der Waals surface area contributed by atoms with E-state index >= 15 is 0 Å². The van der Waals surface area contributed by atoms with E-state index in [1.807, 2.05) is 0 Å². The van der Waals surface area contributed by atoms with E-state index in [0.717, 1.165) is 51.7 Å². The Labute approximate surface area is 302 Å². The largest absolute Gasteiger partial charge is 0.341 e. The van der Waals surface area contributed by atoms with Gasteiger partial charge in [0.05, 0.1) is 4.90 Å². The molecule has 5 aromatic rings. The maximum atomic E-state index is 12.5. The fourth-order valence-corrected chi connectivity index (χ4v) is 7.81. The maximum Gasteiger partial charge on any atom is 0.240 e. The number of nitrogens with one attached hydrogen (secondary N) is 1. The molecule has 256 valence electrons. The summed E-state index contributed by atoms with van der Waals surface area (Å²) in [7, 11) is -3.54. The minimum atomic E-state index is -3.54. The van der Waals surface area contributed by atoms with Gasteiger partial charge < -0.3 is 15.5 Å². The topological polar surface area (TPSA) is 78.7 Å². The van der Waals surface area contributed by atoms with Crippen molar-refractivity contribution < 1.29 is 8.42 Å². The number of anilines is 4. The number of fused-ring (bicyclic) bond motifs is 4. The highest BCUT2D eigenvalue weighted by Crippen LogP contribution is 2.37. The van der Waals surface area contributed by atoms with Crippen molar-refractivity contribution in [3.05, 3.63) is 149 Å². The number of benzene rings is 5. The molecule has 0 atom stereocenters. The number of nitrogens with zero attached hydrogens (tertiary/aromatic N) is 2. The molecule has 7 rings (SSSR count). The molecule has 0 spiro atoms. The van der Waals surface area contributed by atoms with Gasteiger partial charge >= 0.3 is 0 Å². The Kier molecular flexibility index (Phi) is 12.8. The number of aryl methyl sites for hydroxylation is 4. The molecule has 0 amide bonds. The first kappa shape index (κ1) is 36.4. The second kappa shape index (κ2) is 17.2. The van der Waals surface area contributed by atoms with Gasteiger partial charge in [-0.15, -0.1) is 12.4 Å². The first-order valence-corrected chi connectivity index (χ1v) is 18.6. The van der Waals surface area contributed by atoms with Crippen molar-refractivity contribution in [1.29, 1.82) is 0 Å². The van der Waals surface area contributed by atoms with Gasteiger partial charge in [-0.25, -0.2) is 13.1 Å². The first-order chi connectivity index (χ1) is 23.4. The van der Waals surface area contributed by atoms with Crippen molar-refractivity contribution in [2.75, 3.05) is 36.0 Å². The zero-order valence-corrected chi connectivity index (χ0v) is 30.0. The van der Waals surface area contributed by atoms with Crippen molar-refractivity contribution in [1.82, 2.24) is 4.72 Å². The molecule has 0 saturated carbocycles. The normalized spacial score (nSPS) is 13.3. The molecule has 0 unspecified atom stereocenters. The number of nitrogens with two attached hydrogens (primary N) is 1. The van der Waals surface area contributed by atoms with Crippen LogP contribution in [0.5, 0.6) is 0 Å². The van der Waals surface area contributed by atoms with Crippen molar-refractivity contribution in [3.63, 3.8) is 0 Å². The molecule has 3 N–H and O–H groups in total. The van der Waals surface area contributed by atoms with E-state index in [-0.39, 0.29) is 17.3 Å². The van der Waals surface area contributed by atoms with Gasteiger partial charge in [0.2, 0.25) is 10.0 Å². The monoisotopic (exact) mass is 714 g/mol. The highest BCUT2D eigenvalue weighted by molar-refractivity contribution is 7.89. The summed E-state index contributed by atoms with van der Waals surface area (Å²) in [5.74, 6) is 0. The molecule has 49 heavy (non-hydrogen) atoms. The molecule has 2 aliphatic rings. The molecular formula is C40H44Cl2N4O2S. The van der Waals surface area contributed by atoms with Gasteiger partial charge in [-0.3, -0.25) is 0 Å². The second-order valence-electron chi connectivity index (χ2n) is 12.2. The van der Waals surface area contributed by atoms with E-state index in [9.17, 15) is 8.42 Å². The second-order valence-corrected chi connectivity index (χ2v) is 14.4. The molecule has 2 aliphatic heterocycles. The highest BCUT2D eigenvalue weighted by Gasteiger charge is 2.21. The smallest absolute Gasteiger partial charge is 0.240 e. The molecule has 0 saturated heterocycles. The van der Waals surface area contributed by atoms with Crippen LogP contribution in [0.15, 0.2) is 126 Å². The molecule has 0 fully saturated rings. The molecule has 0 aliphatic carbocycles. The SMILES string of the molecule is Cl.NCCCN1c2ccccc2CCc2ccccc21.O=S(=O)(NCCCN1c2ccccc2CCc2ccccc21)c1ccc(Cl)cc1. The Morgan fingerprint density at radius 3 is 1.33 bits per heavy atom. The Hall–Kier alpha value is -3.85. The summed E-state index contributed by atoms with van der Waals surface area (Å²) in [5.41, 5.74) is 16.3. The van der Waals surface area contributed by atoms with Gasteiger partial charge in [-0.05, 0) is 116 Å². The van der Waals surface area contributed by atoms with Crippen LogP contribution in [0.2, 0.25) is 5.02 Å². The van der Waals surface area contributed by atoms with Gasteiger partial charge in [-0.2, -0.15) is 0 Å². The molecule has 0 bridgehead atoms. The Balaban J connectivity index is 0.000000203. The van der Waals surface area contributed by atoms with E-state index in [1.54, 1.807) is 12.1 Å². The maximum absolute atomic E-state index is 12.5. The van der Waals surface area contributed by atoms with Crippen LogP contribution in [0.1, 0.15) is 35.1 Å². The van der Waals surface area contributed by atoms with Crippen LogP contribution < -0.4 is 20.3 Å². The molecule has 0 aromatic heterocycles. The van der Waals surface area contributed by atoms with Gasteiger partial charge in [0.1, 0.15) is 0 Å². The molecule has 5 aromatic carbocycles. The standard InChI is InChI=1S/C23H23ClN2O2S.C17H20N2.ClH/c24-20-12-14-21(15-13-20)29(27,28)25-16-5-17-26-22-8-3-1-6-18(22)10-11-19-7-2-4-9-23(19)26;18-12-5-13-19-16-8-3-1-6-14(16)10-11-15-7-2-4-9-17(15)19;/h1-4,6-9,12-15,25H,5,10-11,16-17H2;1-4,6-9H,5,10-13,18H2;1H. The van der Waals surface area contributed by atoms with Gasteiger partial charge in [0.15, 0.2) is 0 Å². The fraction of sp³-hybridized carbons (Fsp3) is 0.250. The van der Waals surface area contributed by atoms with Crippen LogP contribution in [0, 0.1) is 0 Å². The number of rotatable bonds is 9. The number of halogens is 2. The van der Waals surface area contributed by atoms with Gasteiger partial charge in [-0.1, -0.05) is 84.4 Å². The molecule has 6 nitrogen and oxygen atoms in total. The van der Waals surface area contributed by atoms with Crippen LogP contribution in [-0.2, 0) is 35.7 Å². The first-order valence-electron chi connectivity index (χ1n) is 16.8. The highest BCUT2D eigenvalue weighted by atomic mass is 35.5. The van der Waals surface area contributed by atoms with Gasteiger partial charge in [0.25, 0.3) is 0 Å². The lowest BCUT2D eigenvalue weighted by atomic mass is 10.0. The Morgan fingerprint density at radius 1 is 0.571 bits per heavy atom. The quantitative estimate of drug-likeness (QED) is 0.150. The van der Waals surface area contributed by atoms with Crippen LogP contribution in [0.3, 0.4) is 0 Å². The van der Waals surface area contributed by atoms with E-state index in [2.05, 4.69) is 112 Å². The fourth-order valence-electron chi connectivity index (χ4n) is 6.61. The predicted octanol–water partition coefficient (Wildman–Crippen LogP) is 8.64. The number of para-hydroxylation sites is 4. The third-order valence-electron chi connectivity index (χ3n) is 9.02. The summed E-state index contributed by atoms with van der Waals surface area (Å²) in [6.45, 7) is 2.83. The Bertz CT molecular complexity index is 1840. The third kappa shape index (κ3) is 8.85. The molecule has 2 heterocycles. The van der Waals surface area contributed by atoms with Crippen molar-refractivity contribution >= 4 is 56.8 Å². The predicted molar refractivity (Wildman–Crippen MR) is 207 cm³/mol. The van der Waals surface area contributed by atoms with Crippen LogP contribution in [0.25, 0.3) is 0 Å². The summed E-state index contributed by atoms with van der Waals surface area (Å²) in [4.78, 5) is 4.98. The lowest BCUT2D eigenvalue weighted by molar-refractivity contribution is 0.579. The summed E-state index contributed by atoms with van der Waals surface area (Å²) in [5, 5.41) is 0.516. The molecule has 0 radical (unpaired) electrons. The summed E-state index contributed by atoms with van der Waals surface area (Å²) in [6, 6.07) is 40.6. The van der Waals surface area contributed by atoms with E-state index < -0.39 is 10.0 Å². The zero-order valence-electron chi connectivity index (χ0n) is 27.6. The van der Waals surface area contributed by atoms with Crippen LogP contribution in [0.4, 0.5) is 22.7 Å². The van der Waals surface area contributed by atoms with Gasteiger partial charge in [0, 0.05) is 47.4 Å². The lowest BCUT2D eigenvalue weighted by Gasteiger charge is -2.27. The minimum Gasteiger partial charge on any atom is -0.341 e. The summed E-state index contributed by atoms with van der Waals surface area (Å²) in [6.07, 6.45) is 5.95. The van der Waals surface area contributed by atoms with Crippen LogP contribution in [-0.4, -0.2) is 34.6 Å². The average Bonchev–Trinajstić information content (AvgIpc) is 3.38. The average molecular weight is 716 g/mol. The summed E-state index contributed by atoms with van der Waals surface area (Å²) < 4.78 is 27.7. The number of hydrogen-bond acceptors (Lipinski definition) is 5. The Morgan fingerprint density at radius 2 is 0.939 bits per heavy atom. The lowest BCUT2D eigenvalue weighted by Crippen LogP contribution is -2.28. The third-order valence-corrected chi connectivity index (χ3v) is 10.7. The van der Waals surface area contributed by atoms with E-state index in [0.29, 0.717) is 18.0 Å². The van der Waals surface area contributed by atoms with Crippen LogP contribution >= 0.6 is 24.0 Å². The molecular weight excluding hydrogens is 671 g/mol. The minimum absolute atomic E-state index is 0. The van der Waals surface area contributed by atoms with Crippen molar-refractivity contribution in [2.45, 2.75) is 43.4 Å². The summed E-state index contributed by atoms with van der Waals surface area (Å²) >= 11 is 5.85. The van der Waals surface area contributed by atoms with Crippen molar-refractivity contribution in [3.8, 4) is 0 Å². The number of sulfonamides is 1. The molecule has 9 heteroatoms. The zero-order chi connectivity index (χ0) is 33.3. The van der Waals surface area contributed by atoms with E-state index in [1.165, 1.54) is 57.1 Å². The van der Waals surface area contributed by atoms with Crippen molar-refractivity contribution in [2.24, 2.45) is 5.73 Å². The number of hydrogen-bond donors (Lipinski definition) is 2.